The average Bonchev–Trinajstić information content (AvgIpc) is 2.72. The van der Waals surface area contributed by atoms with Gasteiger partial charge < -0.3 is 5.32 Å². The van der Waals surface area contributed by atoms with E-state index in [1.807, 2.05) is 0 Å². The lowest BCUT2D eigenvalue weighted by Gasteiger charge is -2.05. The Morgan fingerprint density at radius 3 is 2.61 bits per heavy atom. The van der Waals surface area contributed by atoms with Crippen LogP contribution in [0.2, 0.25) is 0 Å². The fourth-order valence-corrected chi connectivity index (χ4v) is 1.36. The van der Waals surface area contributed by atoms with Gasteiger partial charge in [0, 0.05) is 5.56 Å². The Bertz CT molecular complexity index is 610. The van der Waals surface area contributed by atoms with Gasteiger partial charge >= 0.3 is 0 Å². The number of aromatic nitrogens is 2. The smallest absolute Gasteiger partial charge is 0.259 e. The van der Waals surface area contributed by atoms with Gasteiger partial charge in [-0.1, -0.05) is 0 Å². The summed E-state index contributed by atoms with van der Waals surface area (Å²) in [5.41, 5.74) is 0.0502. The summed E-state index contributed by atoms with van der Waals surface area (Å²) in [5.74, 6) is -5.17. The monoisotopic (exact) mass is 255 g/mol. The number of anilines is 1. The SMILES string of the molecule is Cc1cn[nH]c1NC(=O)c1ccc(F)c(F)c1F. The summed E-state index contributed by atoms with van der Waals surface area (Å²) in [4.78, 5) is 11.7. The van der Waals surface area contributed by atoms with E-state index in [1.54, 1.807) is 6.92 Å². The predicted octanol–water partition coefficient (Wildman–Crippen LogP) is 2.39. The molecule has 2 N–H and O–H groups in total. The van der Waals surface area contributed by atoms with Gasteiger partial charge in [0.25, 0.3) is 5.91 Å². The molecule has 0 fully saturated rings. The Morgan fingerprint density at radius 2 is 2.00 bits per heavy atom. The predicted molar refractivity (Wildman–Crippen MR) is 57.6 cm³/mol. The van der Waals surface area contributed by atoms with Crippen molar-refractivity contribution < 1.29 is 18.0 Å². The van der Waals surface area contributed by atoms with Gasteiger partial charge in [-0.25, -0.2) is 13.2 Å². The van der Waals surface area contributed by atoms with Crippen molar-refractivity contribution in [2.24, 2.45) is 0 Å². The molecule has 0 saturated carbocycles. The molecule has 7 heteroatoms. The molecule has 18 heavy (non-hydrogen) atoms. The average molecular weight is 255 g/mol. The highest BCUT2D eigenvalue weighted by atomic mass is 19.2. The van der Waals surface area contributed by atoms with E-state index in [0.717, 1.165) is 6.07 Å². The Labute approximate surface area is 99.8 Å². The molecule has 1 aromatic heterocycles. The number of aryl methyl sites for hydroxylation is 1. The van der Waals surface area contributed by atoms with Gasteiger partial charge in [-0.2, -0.15) is 5.10 Å². The number of H-pyrrole nitrogens is 1. The van der Waals surface area contributed by atoms with Gasteiger partial charge in [-0.3, -0.25) is 9.89 Å². The van der Waals surface area contributed by atoms with Crippen LogP contribution < -0.4 is 5.32 Å². The van der Waals surface area contributed by atoms with Crippen molar-refractivity contribution in [2.75, 3.05) is 5.32 Å². The van der Waals surface area contributed by atoms with E-state index in [-0.39, 0.29) is 5.82 Å². The number of benzene rings is 1. The van der Waals surface area contributed by atoms with Crippen molar-refractivity contribution in [3.63, 3.8) is 0 Å². The van der Waals surface area contributed by atoms with Crippen LogP contribution in [0.15, 0.2) is 18.3 Å². The van der Waals surface area contributed by atoms with E-state index in [1.165, 1.54) is 6.20 Å². The molecule has 0 bridgehead atoms. The van der Waals surface area contributed by atoms with Gasteiger partial charge in [0.2, 0.25) is 0 Å². The summed E-state index contributed by atoms with van der Waals surface area (Å²) in [5, 5.41) is 8.44. The lowest BCUT2D eigenvalue weighted by Crippen LogP contribution is -2.16. The standard InChI is InChI=1S/C11H8F3N3O/c1-5-4-15-17-10(5)16-11(18)6-2-3-7(12)9(14)8(6)13/h2-4H,1H3,(H2,15,16,17,18). The molecular formula is C11H8F3N3O. The summed E-state index contributed by atoms with van der Waals surface area (Å²) >= 11 is 0. The van der Waals surface area contributed by atoms with E-state index in [0.29, 0.717) is 11.6 Å². The molecule has 0 atom stereocenters. The number of hydrogen-bond acceptors (Lipinski definition) is 2. The van der Waals surface area contributed by atoms with Crippen molar-refractivity contribution in [2.45, 2.75) is 6.92 Å². The second-order valence-electron chi connectivity index (χ2n) is 3.61. The first kappa shape index (κ1) is 12.2. The third-order valence-electron chi connectivity index (χ3n) is 2.35. The van der Waals surface area contributed by atoms with E-state index in [9.17, 15) is 18.0 Å². The molecule has 0 spiro atoms. The number of nitrogens with zero attached hydrogens (tertiary/aromatic N) is 1. The van der Waals surface area contributed by atoms with Crippen molar-refractivity contribution in [1.82, 2.24) is 10.2 Å². The molecule has 0 saturated heterocycles. The maximum absolute atomic E-state index is 13.3. The molecule has 94 valence electrons. The number of carbonyl (C=O) groups is 1. The second-order valence-corrected chi connectivity index (χ2v) is 3.61. The number of halogens is 3. The zero-order chi connectivity index (χ0) is 13.3. The third kappa shape index (κ3) is 2.06. The van der Waals surface area contributed by atoms with Crippen LogP contribution in [0.3, 0.4) is 0 Å². The van der Waals surface area contributed by atoms with Crippen molar-refractivity contribution in [3.05, 3.63) is 46.9 Å². The fraction of sp³-hybridized carbons (Fsp3) is 0.0909. The molecule has 2 aromatic rings. The van der Waals surface area contributed by atoms with Crippen molar-refractivity contribution in [1.29, 1.82) is 0 Å². The van der Waals surface area contributed by atoms with E-state index in [2.05, 4.69) is 15.5 Å². The van der Waals surface area contributed by atoms with Gasteiger partial charge in [-0.05, 0) is 19.1 Å². The molecule has 0 aliphatic heterocycles. The van der Waals surface area contributed by atoms with Crippen LogP contribution in [-0.4, -0.2) is 16.1 Å². The molecule has 4 nitrogen and oxygen atoms in total. The van der Waals surface area contributed by atoms with Crippen LogP contribution in [0.5, 0.6) is 0 Å². The third-order valence-corrected chi connectivity index (χ3v) is 2.35. The zero-order valence-electron chi connectivity index (χ0n) is 9.22. The Balaban J connectivity index is 2.30. The van der Waals surface area contributed by atoms with Gasteiger partial charge in [0.05, 0.1) is 11.8 Å². The molecule has 0 radical (unpaired) electrons. The number of rotatable bonds is 2. The van der Waals surface area contributed by atoms with Crippen LogP contribution in [0.4, 0.5) is 19.0 Å². The first-order valence-electron chi connectivity index (χ1n) is 4.95. The van der Waals surface area contributed by atoms with Crippen molar-refractivity contribution >= 4 is 11.7 Å². The molecule has 0 unspecified atom stereocenters. The highest BCUT2D eigenvalue weighted by Gasteiger charge is 2.19. The van der Waals surface area contributed by atoms with Gasteiger partial charge in [0.15, 0.2) is 17.5 Å². The maximum Gasteiger partial charge on any atom is 0.259 e. The molecule has 1 amide bonds. The second kappa shape index (κ2) is 4.52. The summed E-state index contributed by atoms with van der Waals surface area (Å²) < 4.78 is 39.0. The lowest BCUT2D eigenvalue weighted by atomic mass is 10.2. The minimum absolute atomic E-state index is 0.268. The molecule has 1 heterocycles. The first-order valence-corrected chi connectivity index (χ1v) is 4.95. The van der Waals surface area contributed by atoms with Crippen LogP contribution in [0.25, 0.3) is 0 Å². The molecule has 2 rings (SSSR count). The Kier molecular flexibility index (Phi) is 3.05. The molecule has 0 aliphatic rings. The minimum Gasteiger partial charge on any atom is -0.307 e. The fourth-order valence-electron chi connectivity index (χ4n) is 1.36. The summed E-state index contributed by atoms with van der Waals surface area (Å²) in [6.07, 6.45) is 1.46. The molecule has 0 aliphatic carbocycles. The van der Waals surface area contributed by atoms with Crippen LogP contribution in [-0.2, 0) is 0 Å². The first-order chi connectivity index (χ1) is 8.50. The highest BCUT2D eigenvalue weighted by Crippen LogP contribution is 2.17. The topological polar surface area (TPSA) is 57.8 Å². The zero-order valence-corrected chi connectivity index (χ0v) is 9.22. The van der Waals surface area contributed by atoms with Crippen LogP contribution in [0.1, 0.15) is 15.9 Å². The normalized spacial score (nSPS) is 10.4. The van der Waals surface area contributed by atoms with Crippen LogP contribution >= 0.6 is 0 Å². The number of carbonyl (C=O) groups excluding carboxylic acids is 1. The molecular weight excluding hydrogens is 247 g/mol. The van der Waals surface area contributed by atoms with E-state index in [4.69, 9.17) is 0 Å². The summed E-state index contributed by atoms with van der Waals surface area (Å²) in [6, 6.07) is 1.56. The molecule has 1 aromatic carbocycles. The minimum atomic E-state index is -1.68. The summed E-state index contributed by atoms with van der Waals surface area (Å²) in [7, 11) is 0. The number of aromatic amines is 1. The Hall–Kier alpha value is -2.31. The number of hydrogen-bond donors (Lipinski definition) is 2. The van der Waals surface area contributed by atoms with Crippen LogP contribution in [0, 0.1) is 24.4 Å². The largest absolute Gasteiger partial charge is 0.307 e. The number of amides is 1. The van der Waals surface area contributed by atoms with Crippen molar-refractivity contribution in [3.8, 4) is 0 Å². The van der Waals surface area contributed by atoms with E-state index < -0.39 is 28.9 Å². The summed E-state index contributed by atoms with van der Waals surface area (Å²) in [6.45, 7) is 1.67. The Morgan fingerprint density at radius 1 is 1.28 bits per heavy atom. The highest BCUT2D eigenvalue weighted by molar-refractivity contribution is 6.04. The quantitative estimate of drug-likeness (QED) is 0.809. The van der Waals surface area contributed by atoms with Gasteiger partial charge in [-0.15, -0.1) is 0 Å². The lowest BCUT2D eigenvalue weighted by molar-refractivity contribution is 0.102. The maximum atomic E-state index is 13.3. The number of nitrogens with one attached hydrogen (secondary N) is 2. The van der Waals surface area contributed by atoms with Gasteiger partial charge in [0.1, 0.15) is 5.82 Å². The van der Waals surface area contributed by atoms with E-state index >= 15 is 0 Å².